The minimum atomic E-state index is -0.398. The third kappa shape index (κ3) is 3.26. The number of nitrogens with zero attached hydrogens (tertiary/aromatic N) is 2. The van der Waals surface area contributed by atoms with Gasteiger partial charge in [0.15, 0.2) is 5.15 Å². The number of hydrogen-bond donors (Lipinski definition) is 1. The van der Waals surface area contributed by atoms with E-state index in [0.717, 1.165) is 5.56 Å². The molecule has 0 radical (unpaired) electrons. The van der Waals surface area contributed by atoms with Crippen molar-refractivity contribution in [3.63, 3.8) is 0 Å². The van der Waals surface area contributed by atoms with Crippen LogP contribution in [-0.2, 0) is 11.3 Å². The molecule has 1 heterocycles. The normalized spacial score (nSPS) is 10.3. The number of hydrogen-bond acceptors (Lipinski definition) is 3. The second-order valence-corrected chi connectivity index (χ2v) is 5.30. The van der Waals surface area contributed by atoms with E-state index in [0.29, 0.717) is 5.69 Å². The van der Waals surface area contributed by atoms with Gasteiger partial charge in [-0.05, 0) is 34.5 Å². The van der Waals surface area contributed by atoms with Crippen LogP contribution in [0, 0.1) is 6.92 Å². The lowest BCUT2D eigenvalue weighted by atomic mass is 10.2. The van der Waals surface area contributed by atoms with Crippen LogP contribution < -0.4 is 10.9 Å². The third-order valence-electron chi connectivity index (χ3n) is 2.67. The van der Waals surface area contributed by atoms with Gasteiger partial charge >= 0.3 is 0 Å². The lowest BCUT2D eigenvalue weighted by molar-refractivity contribution is -0.116. The van der Waals surface area contributed by atoms with Gasteiger partial charge in [0, 0.05) is 5.69 Å². The zero-order chi connectivity index (χ0) is 14.7. The topological polar surface area (TPSA) is 64.0 Å². The summed E-state index contributed by atoms with van der Waals surface area (Å²) in [5.74, 6) is -0.308. The Balaban J connectivity index is 2.15. The molecule has 0 atom stereocenters. The number of aromatic nitrogens is 2. The third-order valence-corrected chi connectivity index (χ3v) is 3.90. The fraction of sp³-hybridized carbons (Fsp3) is 0.154. The minimum absolute atomic E-state index is 0.0746. The summed E-state index contributed by atoms with van der Waals surface area (Å²) in [5.41, 5.74) is 1.26. The number of halogens is 2. The fourth-order valence-corrected chi connectivity index (χ4v) is 2.07. The predicted octanol–water partition coefficient (Wildman–Crippen LogP) is 2.61. The number of rotatable bonds is 3. The van der Waals surface area contributed by atoms with E-state index in [1.165, 1.54) is 10.9 Å². The second-order valence-electron chi connectivity index (χ2n) is 4.15. The monoisotopic (exact) mass is 355 g/mol. The highest BCUT2D eigenvalue weighted by atomic mass is 79.9. The van der Waals surface area contributed by atoms with Gasteiger partial charge in [0.1, 0.15) is 11.0 Å². The molecule has 1 aromatic carbocycles. The van der Waals surface area contributed by atoms with Crippen LogP contribution >= 0.6 is 27.5 Å². The number of nitrogens with one attached hydrogen (secondary N) is 1. The standard InChI is InChI=1S/C13H11BrClN3O2/c1-8-4-2-3-5-9(8)17-10(19)6-18-7-16-12(15)11(14)13(18)20/h2-5,7H,6H2,1H3,(H,17,19). The van der Waals surface area contributed by atoms with Gasteiger partial charge < -0.3 is 5.32 Å². The minimum Gasteiger partial charge on any atom is -0.324 e. The maximum absolute atomic E-state index is 11.9. The fourth-order valence-electron chi connectivity index (χ4n) is 1.61. The van der Waals surface area contributed by atoms with Crippen LogP contribution in [-0.4, -0.2) is 15.5 Å². The van der Waals surface area contributed by atoms with E-state index in [1.54, 1.807) is 6.07 Å². The maximum atomic E-state index is 11.9. The van der Waals surface area contributed by atoms with Crippen molar-refractivity contribution in [1.29, 1.82) is 0 Å². The molecule has 104 valence electrons. The summed E-state index contributed by atoms with van der Waals surface area (Å²) in [6, 6.07) is 7.40. The zero-order valence-corrected chi connectivity index (χ0v) is 12.9. The lowest BCUT2D eigenvalue weighted by Crippen LogP contribution is -2.28. The predicted molar refractivity (Wildman–Crippen MR) is 81.0 cm³/mol. The van der Waals surface area contributed by atoms with E-state index < -0.39 is 5.56 Å². The Labute approximate surface area is 128 Å². The summed E-state index contributed by atoms with van der Waals surface area (Å²) >= 11 is 8.74. The van der Waals surface area contributed by atoms with Crippen molar-refractivity contribution < 1.29 is 4.79 Å². The van der Waals surface area contributed by atoms with Gasteiger partial charge in [-0.3, -0.25) is 14.2 Å². The average Bonchev–Trinajstić information content (AvgIpc) is 2.42. The van der Waals surface area contributed by atoms with Gasteiger partial charge in [-0.25, -0.2) is 4.98 Å². The van der Waals surface area contributed by atoms with E-state index in [9.17, 15) is 9.59 Å². The van der Waals surface area contributed by atoms with Gasteiger partial charge in [-0.2, -0.15) is 0 Å². The first-order valence-corrected chi connectivity index (χ1v) is 6.92. The molecule has 0 saturated carbocycles. The summed E-state index contributed by atoms with van der Waals surface area (Å²) in [6.07, 6.45) is 1.24. The molecule has 0 spiro atoms. The number of aryl methyl sites for hydroxylation is 1. The van der Waals surface area contributed by atoms with Gasteiger partial charge in [0.25, 0.3) is 5.56 Å². The molecule has 2 aromatic rings. The molecule has 0 fully saturated rings. The van der Waals surface area contributed by atoms with Crippen molar-refractivity contribution in [1.82, 2.24) is 9.55 Å². The number of carbonyl (C=O) groups excluding carboxylic acids is 1. The zero-order valence-electron chi connectivity index (χ0n) is 10.6. The Morgan fingerprint density at radius 1 is 1.45 bits per heavy atom. The molecule has 0 saturated heterocycles. The highest BCUT2D eigenvalue weighted by molar-refractivity contribution is 9.10. The maximum Gasteiger partial charge on any atom is 0.269 e. The molecule has 1 N–H and O–H groups in total. The second kappa shape index (κ2) is 6.19. The molecular formula is C13H11BrClN3O2. The summed E-state index contributed by atoms with van der Waals surface area (Å²) in [5, 5.41) is 2.82. The van der Waals surface area contributed by atoms with Crippen LogP contribution in [0.1, 0.15) is 5.56 Å². The van der Waals surface area contributed by atoms with Gasteiger partial charge in [0.2, 0.25) is 5.91 Å². The van der Waals surface area contributed by atoms with Crippen molar-refractivity contribution in [2.75, 3.05) is 5.32 Å². The highest BCUT2D eigenvalue weighted by Gasteiger charge is 2.10. The van der Waals surface area contributed by atoms with Crippen LogP contribution in [0.2, 0.25) is 5.15 Å². The van der Waals surface area contributed by atoms with Crippen LogP contribution in [0.4, 0.5) is 5.69 Å². The molecule has 0 bridgehead atoms. The summed E-state index contributed by atoms with van der Waals surface area (Å²) < 4.78 is 1.33. The number of benzene rings is 1. The lowest BCUT2D eigenvalue weighted by Gasteiger charge is -2.09. The van der Waals surface area contributed by atoms with Gasteiger partial charge in [0.05, 0.1) is 6.33 Å². The molecule has 0 aliphatic heterocycles. The van der Waals surface area contributed by atoms with Crippen molar-refractivity contribution in [3.8, 4) is 0 Å². The SMILES string of the molecule is Cc1ccccc1NC(=O)Cn1cnc(Cl)c(Br)c1=O. The smallest absolute Gasteiger partial charge is 0.269 e. The summed E-state index contributed by atoms with van der Waals surface area (Å²) in [7, 11) is 0. The Morgan fingerprint density at radius 2 is 2.15 bits per heavy atom. The van der Waals surface area contributed by atoms with Crippen molar-refractivity contribution in [3.05, 3.63) is 56.1 Å². The molecule has 0 aliphatic carbocycles. The van der Waals surface area contributed by atoms with Crippen LogP contribution in [0.5, 0.6) is 0 Å². The van der Waals surface area contributed by atoms with E-state index in [1.807, 2.05) is 25.1 Å². The molecule has 20 heavy (non-hydrogen) atoms. The molecule has 5 nitrogen and oxygen atoms in total. The summed E-state index contributed by atoms with van der Waals surface area (Å²) in [6.45, 7) is 1.76. The first-order chi connectivity index (χ1) is 9.49. The number of amides is 1. The molecule has 2 rings (SSSR count). The Kier molecular flexibility index (Phi) is 4.57. The molecule has 0 unspecified atom stereocenters. The van der Waals surface area contributed by atoms with E-state index in [2.05, 4.69) is 26.2 Å². The van der Waals surface area contributed by atoms with E-state index in [-0.39, 0.29) is 22.1 Å². The molecule has 1 aromatic heterocycles. The number of anilines is 1. The quantitative estimate of drug-likeness (QED) is 0.860. The number of para-hydroxylation sites is 1. The van der Waals surface area contributed by atoms with E-state index >= 15 is 0 Å². The van der Waals surface area contributed by atoms with Crippen LogP contribution in [0.25, 0.3) is 0 Å². The Hall–Kier alpha value is -1.66. The highest BCUT2D eigenvalue weighted by Crippen LogP contribution is 2.14. The molecular weight excluding hydrogens is 346 g/mol. The van der Waals surface area contributed by atoms with Crippen molar-refractivity contribution >= 4 is 39.1 Å². The van der Waals surface area contributed by atoms with Gasteiger partial charge in [-0.1, -0.05) is 29.8 Å². The molecule has 1 amide bonds. The average molecular weight is 357 g/mol. The molecule has 7 heteroatoms. The van der Waals surface area contributed by atoms with Crippen LogP contribution in [0.15, 0.2) is 39.9 Å². The van der Waals surface area contributed by atoms with E-state index in [4.69, 9.17) is 11.6 Å². The van der Waals surface area contributed by atoms with Crippen molar-refractivity contribution in [2.45, 2.75) is 13.5 Å². The Bertz CT molecular complexity index is 715. The largest absolute Gasteiger partial charge is 0.324 e. The van der Waals surface area contributed by atoms with Gasteiger partial charge in [-0.15, -0.1) is 0 Å². The van der Waals surface area contributed by atoms with Crippen molar-refractivity contribution in [2.24, 2.45) is 0 Å². The first-order valence-electron chi connectivity index (χ1n) is 5.75. The van der Waals surface area contributed by atoms with Crippen LogP contribution in [0.3, 0.4) is 0 Å². The summed E-state index contributed by atoms with van der Waals surface area (Å²) in [4.78, 5) is 27.6. The number of carbonyl (C=O) groups is 1. The molecule has 0 aliphatic rings. The first kappa shape index (κ1) is 14.7. The Morgan fingerprint density at radius 3 is 2.85 bits per heavy atom.